The van der Waals surface area contributed by atoms with E-state index in [1.54, 1.807) is 6.07 Å². The minimum absolute atomic E-state index is 0.184. The number of rotatable bonds is 2. The number of halogens is 1. The van der Waals surface area contributed by atoms with E-state index in [-0.39, 0.29) is 24.1 Å². The van der Waals surface area contributed by atoms with Crippen LogP contribution in [0.5, 0.6) is 0 Å². The van der Waals surface area contributed by atoms with E-state index in [1.165, 1.54) is 25.0 Å². The van der Waals surface area contributed by atoms with Gasteiger partial charge in [-0.15, -0.1) is 0 Å². The summed E-state index contributed by atoms with van der Waals surface area (Å²) >= 11 is 0. The summed E-state index contributed by atoms with van der Waals surface area (Å²) < 4.78 is 13.9. The molecule has 0 spiro atoms. The van der Waals surface area contributed by atoms with E-state index in [2.05, 4.69) is 17.2 Å². The van der Waals surface area contributed by atoms with Crippen LogP contribution in [0.25, 0.3) is 0 Å². The Hall–Kier alpha value is -1.86. The third-order valence-corrected chi connectivity index (χ3v) is 3.75. The lowest BCUT2D eigenvalue weighted by atomic mass is 10.1. The van der Waals surface area contributed by atoms with Crippen molar-refractivity contribution in [1.29, 1.82) is 0 Å². The lowest BCUT2D eigenvalue weighted by Gasteiger charge is -2.16. The van der Waals surface area contributed by atoms with Gasteiger partial charge in [-0.1, -0.05) is 37.5 Å². The van der Waals surface area contributed by atoms with Crippen molar-refractivity contribution in [3.63, 3.8) is 0 Å². The van der Waals surface area contributed by atoms with Gasteiger partial charge in [-0.05, 0) is 31.0 Å². The zero-order valence-corrected chi connectivity index (χ0v) is 12.1. The minimum Gasteiger partial charge on any atom is -0.349 e. The molecule has 3 N–H and O–H groups in total. The highest BCUT2D eigenvalue weighted by Gasteiger charge is 2.16. The van der Waals surface area contributed by atoms with E-state index in [9.17, 15) is 9.18 Å². The van der Waals surface area contributed by atoms with Gasteiger partial charge in [0.25, 0.3) is 5.91 Å². The maximum absolute atomic E-state index is 13.9. The average molecular weight is 288 g/mol. The SMILES string of the molecule is NCC#Cc1ccc(C(=O)NC2CCCCCC2)cc1F. The third-order valence-electron chi connectivity index (χ3n) is 3.75. The molecule has 3 nitrogen and oxygen atoms in total. The van der Waals surface area contributed by atoms with E-state index >= 15 is 0 Å². The van der Waals surface area contributed by atoms with Gasteiger partial charge >= 0.3 is 0 Å². The Labute approximate surface area is 125 Å². The minimum atomic E-state index is -0.482. The molecule has 0 heterocycles. The molecule has 0 aliphatic heterocycles. The molecule has 1 aromatic rings. The van der Waals surface area contributed by atoms with Crippen molar-refractivity contribution in [1.82, 2.24) is 5.32 Å². The first-order chi connectivity index (χ1) is 10.2. The molecule has 1 saturated carbocycles. The maximum atomic E-state index is 13.9. The van der Waals surface area contributed by atoms with E-state index in [1.807, 2.05) is 0 Å². The van der Waals surface area contributed by atoms with Crippen molar-refractivity contribution in [3.05, 3.63) is 35.1 Å². The number of hydrogen-bond donors (Lipinski definition) is 2. The Kier molecular flexibility index (Phi) is 5.77. The van der Waals surface area contributed by atoms with Crippen LogP contribution in [0.15, 0.2) is 18.2 Å². The highest BCUT2D eigenvalue weighted by molar-refractivity contribution is 5.94. The lowest BCUT2D eigenvalue weighted by Crippen LogP contribution is -2.34. The number of carbonyl (C=O) groups excluding carboxylic acids is 1. The molecule has 1 aliphatic rings. The molecule has 0 unspecified atom stereocenters. The van der Waals surface area contributed by atoms with E-state index in [0.717, 1.165) is 25.7 Å². The van der Waals surface area contributed by atoms with Crippen molar-refractivity contribution in [2.45, 2.75) is 44.6 Å². The Bertz CT molecular complexity index is 552. The molecule has 1 amide bonds. The van der Waals surface area contributed by atoms with Gasteiger partial charge in [0.2, 0.25) is 0 Å². The summed E-state index contributed by atoms with van der Waals surface area (Å²) in [5.41, 5.74) is 5.87. The zero-order valence-electron chi connectivity index (χ0n) is 12.1. The summed E-state index contributed by atoms with van der Waals surface area (Å²) in [5.74, 6) is 4.56. The molecule has 0 radical (unpaired) electrons. The highest BCUT2D eigenvalue weighted by atomic mass is 19.1. The first-order valence-corrected chi connectivity index (χ1v) is 7.50. The number of nitrogens with two attached hydrogens (primary N) is 1. The molecular formula is C17H21FN2O. The van der Waals surface area contributed by atoms with Gasteiger partial charge in [0, 0.05) is 11.6 Å². The van der Waals surface area contributed by atoms with Crippen LogP contribution in [-0.4, -0.2) is 18.5 Å². The van der Waals surface area contributed by atoms with Gasteiger partial charge in [0.05, 0.1) is 12.1 Å². The van der Waals surface area contributed by atoms with Crippen LogP contribution in [-0.2, 0) is 0 Å². The summed E-state index contributed by atoms with van der Waals surface area (Å²) in [5, 5.41) is 3.00. The van der Waals surface area contributed by atoms with Crippen molar-refractivity contribution in [2.24, 2.45) is 5.73 Å². The molecule has 0 atom stereocenters. The predicted octanol–water partition coefficient (Wildman–Crippen LogP) is 2.59. The van der Waals surface area contributed by atoms with Crippen LogP contribution in [0.3, 0.4) is 0 Å². The van der Waals surface area contributed by atoms with Crippen LogP contribution in [0.4, 0.5) is 4.39 Å². The van der Waals surface area contributed by atoms with Crippen molar-refractivity contribution in [2.75, 3.05) is 6.54 Å². The molecule has 112 valence electrons. The fourth-order valence-corrected chi connectivity index (χ4v) is 2.60. The Morgan fingerprint density at radius 3 is 2.62 bits per heavy atom. The molecule has 4 heteroatoms. The normalized spacial score (nSPS) is 15.7. The molecule has 2 rings (SSSR count). The van der Waals surface area contributed by atoms with Gasteiger partial charge < -0.3 is 11.1 Å². The largest absolute Gasteiger partial charge is 0.349 e. The topological polar surface area (TPSA) is 55.1 Å². The monoisotopic (exact) mass is 288 g/mol. The van der Waals surface area contributed by atoms with Crippen LogP contribution < -0.4 is 11.1 Å². The highest BCUT2D eigenvalue weighted by Crippen LogP contribution is 2.18. The van der Waals surface area contributed by atoms with E-state index in [0.29, 0.717) is 5.56 Å². The lowest BCUT2D eigenvalue weighted by molar-refractivity contribution is 0.0933. The summed E-state index contributed by atoms with van der Waals surface area (Å²) in [6.07, 6.45) is 6.77. The molecule has 21 heavy (non-hydrogen) atoms. The molecule has 1 fully saturated rings. The number of carbonyl (C=O) groups is 1. The van der Waals surface area contributed by atoms with E-state index < -0.39 is 5.82 Å². The summed E-state index contributed by atoms with van der Waals surface area (Å²) in [7, 11) is 0. The summed E-state index contributed by atoms with van der Waals surface area (Å²) in [6, 6.07) is 4.59. The molecule has 1 aliphatic carbocycles. The van der Waals surface area contributed by atoms with Crippen molar-refractivity contribution in [3.8, 4) is 11.8 Å². The first kappa shape index (κ1) is 15.5. The third kappa shape index (κ3) is 4.57. The van der Waals surface area contributed by atoms with E-state index in [4.69, 9.17) is 5.73 Å². The second-order valence-electron chi connectivity index (χ2n) is 5.36. The second kappa shape index (κ2) is 7.80. The van der Waals surface area contributed by atoms with Gasteiger partial charge in [-0.25, -0.2) is 4.39 Å². The smallest absolute Gasteiger partial charge is 0.251 e. The van der Waals surface area contributed by atoms with Crippen LogP contribution in [0.1, 0.15) is 54.4 Å². The van der Waals surface area contributed by atoms with Gasteiger partial charge in [-0.3, -0.25) is 4.79 Å². The van der Waals surface area contributed by atoms with Crippen LogP contribution in [0.2, 0.25) is 0 Å². The number of amides is 1. The van der Waals surface area contributed by atoms with Gasteiger partial charge in [-0.2, -0.15) is 0 Å². The van der Waals surface area contributed by atoms with Crippen molar-refractivity contribution < 1.29 is 9.18 Å². The number of hydrogen-bond acceptors (Lipinski definition) is 2. The van der Waals surface area contributed by atoms with Crippen LogP contribution >= 0.6 is 0 Å². The summed E-state index contributed by atoms with van der Waals surface area (Å²) in [6.45, 7) is 0.184. The standard InChI is InChI=1S/C17H21FN2O/c18-16-12-14(10-9-13(16)6-5-11-19)17(21)20-15-7-3-1-2-4-8-15/h9-10,12,15H,1-4,7-8,11,19H2,(H,20,21). The number of nitrogens with one attached hydrogen (secondary N) is 1. The Morgan fingerprint density at radius 1 is 1.29 bits per heavy atom. The quantitative estimate of drug-likeness (QED) is 0.649. The maximum Gasteiger partial charge on any atom is 0.251 e. The molecular weight excluding hydrogens is 267 g/mol. The number of benzene rings is 1. The predicted molar refractivity (Wildman–Crippen MR) is 81.3 cm³/mol. The average Bonchev–Trinajstić information content (AvgIpc) is 2.74. The molecule has 0 bridgehead atoms. The Balaban J connectivity index is 2.03. The van der Waals surface area contributed by atoms with Crippen LogP contribution in [0, 0.1) is 17.7 Å². The second-order valence-corrected chi connectivity index (χ2v) is 5.36. The van der Waals surface area contributed by atoms with Crippen molar-refractivity contribution >= 4 is 5.91 Å². The Morgan fingerprint density at radius 2 is 2.00 bits per heavy atom. The van der Waals surface area contributed by atoms with Gasteiger partial charge in [0.1, 0.15) is 5.82 Å². The fraction of sp³-hybridized carbons (Fsp3) is 0.471. The first-order valence-electron chi connectivity index (χ1n) is 7.50. The zero-order chi connectivity index (χ0) is 15.1. The van der Waals surface area contributed by atoms with Gasteiger partial charge in [0.15, 0.2) is 0 Å². The molecule has 0 saturated heterocycles. The molecule has 0 aromatic heterocycles. The summed E-state index contributed by atoms with van der Waals surface area (Å²) in [4.78, 5) is 12.2. The molecule has 1 aromatic carbocycles. The fourth-order valence-electron chi connectivity index (χ4n) is 2.60.